The van der Waals surface area contributed by atoms with Crippen LogP contribution in [-0.4, -0.2) is 26.4 Å². The minimum Gasteiger partial charge on any atom is -0.493 e. The van der Waals surface area contributed by atoms with Crippen LogP contribution in [0, 0.1) is 0 Å². The Morgan fingerprint density at radius 2 is 2.16 bits per heavy atom. The van der Waals surface area contributed by atoms with E-state index < -0.39 is 0 Å². The first-order valence-electron chi connectivity index (χ1n) is 6.73. The minimum atomic E-state index is 0.531. The molecule has 1 fully saturated rings. The third kappa shape index (κ3) is 2.74. The summed E-state index contributed by atoms with van der Waals surface area (Å²) >= 11 is 0. The Morgan fingerprint density at radius 3 is 2.95 bits per heavy atom. The van der Waals surface area contributed by atoms with Gasteiger partial charge in [0.1, 0.15) is 5.76 Å². The van der Waals surface area contributed by atoms with Gasteiger partial charge >= 0.3 is 0 Å². The maximum absolute atomic E-state index is 5.86. The number of ether oxygens (including phenoxy) is 2. The fourth-order valence-corrected chi connectivity index (χ4v) is 2.48. The van der Waals surface area contributed by atoms with Gasteiger partial charge in [-0.3, -0.25) is 0 Å². The molecule has 0 amide bonds. The standard InChI is InChI=1S/C15H19NO3/c1-17-14-4-2-3-11-9-13(19-15(11)14)10-16-12-5-7-18-8-6-12/h2-4,9,12,16H,5-8,10H2,1H3. The van der Waals surface area contributed by atoms with E-state index in [-0.39, 0.29) is 0 Å². The van der Waals surface area contributed by atoms with Crippen LogP contribution in [0.25, 0.3) is 11.0 Å². The molecule has 4 nitrogen and oxygen atoms in total. The van der Waals surface area contributed by atoms with Gasteiger partial charge in [0.05, 0.1) is 13.7 Å². The number of fused-ring (bicyclic) bond motifs is 1. The summed E-state index contributed by atoms with van der Waals surface area (Å²) in [5.41, 5.74) is 0.828. The van der Waals surface area contributed by atoms with Crippen LogP contribution < -0.4 is 10.1 Å². The van der Waals surface area contributed by atoms with Gasteiger partial charge in [-0.05, 0) is 25.0 Å². The van der Waals surface area contributed by atoms with Gasteiger partial charge in [0, 0.05) is 24.6 Å². The summed E-state index contributed by atoms with van der Waals surface area (Å²) in [6.45, 7) is 2.46. The van der Waals surface area contributed by atoms with Crippen LogP contribution in [0.15, 0.2) is 28.7 Å². The molecule has 0 bridgehead atoms. The van der Waals surface area contributed by atoms with Gasteiger partial charge in [0.15, 0.2) is 11.3 Å². The quantitative estimate of drug-likeness (QED) is 0.919. The predicted octanol–water partition coefficient (Wildman–Crippen LogP) is 2.71. The Morgan fingerprint density at radius 1 is 1.32 bits per heavy atom. The van der Waals surface area contributed by atoms with Gasteiger partial charge in [-0.2, -0.15) is 0 Å². The molecule has 0 spiro atoms. The zero-order chi connectivity index (χ0) is 13.1. The van der Waals surface area contributed by atoms with Crippen LogP contribution in [0.4, 0.5) is 0 Å². The van der Waals surface area contributed by atoms with Gasteiger partial charge in [-0.25, -0.2) is 0 Å². The Labute approximate surface area is 112 Å². The first kappa shape index (κ1) is 12.5. The van der Waals surface area contributed by atoms with Crippen molar-refractivity contribution < 1.29 is 13.9 Å². The van der Waals surface area contributed by atoms with Crippen molar-refractivity contribution >= 4 is 11.0 Å². The van der Waals surface area contributed by atoms with Crippen molar-refractivity contribution in [3.63, 3.8) is 0 Å². The predicted molar refractivity (Wildman–Crippen MR) is 73.4 cm³/mol. The molecule has 1 aliphatic rings. The summed E-state index contributed by atoms with van der Waals surface area (Å²) in [7, 11) is 1.66. The number of rotatable bonds is 4. The number of methoxy groups -OCH3 is 1. The van der Waals surface area contributed by atoms with E-state index in [1.54, 1.807) is 7.11 Å². The van der Waals surface area contributed by atoms with Gasteiger partial charge in [-0.15, -0.1) is 0 Å². The number of benzene rings is 1. The Balaban J connectivity index is 1.70. The molecule has 19 heavy (non-hydrogen) atoms. The second-order valence-corrected chi connectivity index (χ2v) is 4.86. The number of hydrogen-bond donors (Lipinski definition) is 1. The number of para-hydroxylation sites is 1. The molecule has 2 heterocycles. The molecule has 102 valence electrons. The summed E-state index contributed by atoms with van der Waals surface area (Å²) in [5.74, 6) is 1.74. The molecule has 0 atom stereocenters. The second-order valence-electron chi connectivity index (χ2n) is 4.86. The molecule has 1 saturated heterocycles. The van der Waals surface area contributed by atoms with Gasteiger partial charge < -0.3 is 19.2 Å². The zero-order valence-corrected chi connectivity index (χ0v) is 11.1. The van der Waals surface area contributed by atoms with E-state index in [0.29, 0.717) is 6.04 Å². The van der Waals surface area contributed by atoms with Crippen LogP contribution in [-0.2, 0) is 11.3 Å². The summed E-state index contributed by atoms with van der Waals surface area (Å²) < 4.78 is 16.5. The highest BCUT2D eigenvalue weighted by Crippen LogP contribution is 2.28. The molecule has 0 saturated carbocycles. The molecule has 2 aromatic rings. The van der Waals surface area contributed by atoms with Crippen molar-refractivity contribution in [2.45, 2.75) is 25.4 Å². The molecule has 4 heteroatoms. The fourth-order valence-electron chi connectivity index (χ4n) is 2.48. The Bertz CT molecular complexity index is 543. The zero-order valence-electron chi connectivity index (χ0n) is 11.1. The van der Waals surface area contributed by atoms with Crippen LogP contribution in [0.1, 0.15) is 18.6 Å². The summed E-state index contributed by atoms with van der Waals surface area (Å²) in [4.78, 5) is 0. The van der Waals surface area contributed by atoms with Gasteiger partial charge in [-0.1, -0.05) is 12.1 Å². The highest BCUT2D eigenvalue weighted by molar-refractivity contribution is 5.83. The molecule has 1 aliphatic heterocycles. The molecule has 1 N–H and O–H groups in total. The van der Waals surface area contributed by atoms with Crippen LogP contribution in [0.2, 0.25) is 0 Å². The van der Waals surface area contributed by atoms with E-state index >= 15 is 0 Å². The van der Waals surface area contributed by atoms with Crippen molar-refractivity contribution in [2.75, 3.05) is 20.3 Å². The van der Waals surface area contributed by atoms with E-state index in [4.69, 9.17) is 13.9 Å². The maximum atomic E-state index is 5.86. The molecule has 1 aromatic carbocycles. The van der Waals surface area contributed by atoms with Gasteiger partial charge in [0.25, 0.3) is 0 Å². The Kier molecular flexibility index (Phi) is 3.71. The van der Waals surface area contributed by atoms with E-state index in [2.05, 4.69) is 11.4 Å². The average Bonchev–Trinajstić information content (AvgIpc) is 2.89. The monoisotopic (exact) mass is 261 g/mol. The fraction of sp³-hybridized carbons (Fsp3) is 0.467. The minimum absolute atomic E-state index is 0.531. The van der Waals surface area contributed by atoms with E-state index in [1.165, 1.54) is 0 Å². The van der Waals surface area contributed by atoms with Crippen LogP contribution in [0.3, 0.4) is 0 Å². The molecule has 0 unspecified atom stereocenters. The van der Waals surface area contributed by atoms with E-state index in [0.717, 1.165) is 55.1 Å². The molecule has 1 aromatic heterocycles. The molecule has 3 rings (SSSR count). The second kappa shape index (κ2) is 5.63. The summed E-state index contributed by atoms with van der Waals surface area (Å²) in [5, 5.41) is 4.61. The highest BCUT2D eigenvalue weighted by atomic mass is 16.5. The van der Waals surface area contributed by atoms with Crippen molar-refractivity contribution in [2.24, 2.45) is 0 Å². The molecule has 0 aliphatic carbocycles. The maximum Gasteiger partial charge on any atom is 0.176 e. The Hall–Kier alpha value is -1.52. The van der Waals surface area contributed by atoms with Crippen LogP contribution >= 0.6 is 0 Å². The first-order chi connectivity index (χ1) is 9.36. The first-order valence-corrected chi connectivity index (χ1v) is 6.73. The van der Waals surface area contributed by atoms with E-state index in [9.17, 15) is 0 Å². The lowest BCUT2D eigenvalue weighted by molar-refractivity contribution is 0.0771. The topological polar surface area (TPSA) is 43.6 Å². The van der Waals surface area contributed by atoms with Crippen molar-refractivity contribution in [1.82, 2.24) is 5.32 Å². The SMILES string of the molecule is COc1cccc2cc(CNC3CCOCC3)oc12. The highest BCUT2D eigenvalue weighted by Gasteiger charge is 2.14. The lowest BCUT2D eigenvalue weighted by atomic mass is 10.1. The molecular formula is C15H19NO3. The smallest absolute Gasteiger partial charge is 0.176 e. The number of furan rings is 1. The van der Waals surface area contributed by atoms with Gasteiger partial charge in [0.2, 0.25) is 0 Å². The van der Waals surface area contributed by atoms with Crippen molar-refractivity contribution in [1.29, 1.82) is 0 Å². The van der Waals surface area contributed by atoms with Crippen molar-refractivity contribution in [3.8, 4) is 5.75 Å². The number of hydrogen-bond acceptors (Lipinski definition) is 4. The van der Waals surface area contributed by atoms with Crippen molar-refractivity contribution in [3.05, 3.63) is 30.0 Å². The lowest BCUT2D eigenvalue weighted by Gasteiger charge is -2.22. The number of nitrogens with one attached hydrogen (secondary N) is 1. The van der Waals surface area contributed by atoms with Crippen LogP contribution in [0.5, 0.6) is 5.75 Å². The average molecular weight is 261 g/mol. The summed E-state index contributed by atoms with van der Waals surface area (Å²) in [6.07, 6.45) is 2.15. The summed E-state index contributed by atoms with van der Waals surface area (Å²) in [6, 6.07) is 8.54. The largest absolute Gasteiger partial charge is 0.493 e. The molecular weight excluding hydrogens is 242 g/mol. The molecule has 0 radical (unpaired) electrons. The van der Waals surface area contributed by atoms with E-state index in [1.807, 2.05) is 18.2 Å². The third-order valence-electron chi connectivity index (χ3n) is 3.57. The third-order valence-corrected chi connectivity index (χ3v) is 3.57. The normalized spacial score (nSPS) is 16.9. The lowest BCUT2D eigenvalue weighted by Crippen LogP contribution is -2.34.